The van der Waals surface area contributed by atoms with Crippen molar-refractivity contribution in [1.29, 1.82) is 0 Å². The van der Waals surface area contributed by atoms with Gasteiger partial charge in [-0.05, 0) is 29.8 Å². The highest BCUT2D eigenvalue weighted by Gasteiger charge is 2.11. The first-order valence-electron chi connectivity index (χ1n) is 7.82. The van der Waals surface area contributed by atoms with E-state index >= 15 is 0 Å². The molecule has 0 atom stereocenters. The Hall–Kier alpha value is -3.48. The second kappa shape index (κ2) is 6.56. The molecule has 4 aromatic rings. The number of nitrogens with zero attached hydrogens (tertiary/aromatic N) is 4. The first-order chi connectivity index (χ1) is 12.3. The lowest BCUT2D eigenvalue weighted by Crippen LogP contribution is -2.02. The van der Waals surface area contributed by atoms with E-state index in [-0.39, 0.29) is 0 Å². The van der Waals surface area contributed by atoms with E-state index in [9.17, 15) is 0 Å². The first kappa shape index (κ1) is 15.1. The van der Waals surface area contributed by atoms with E-state index in [1.54, 1.807) is 19.4 Å². The number of anilines is 1. The molecule has 25 heavy (non-hydrogen) atoms. The van der Waals surface area contributed by atoms with E-state index in [1.807, 2.05) is 42.7 Å². The molecule has 4 rings (SSSR count). The van der Waals surface area contributed by atoms with Crippen LogP contribution in [0.15, 0.2) is 55.0 Å². The molecule has 0 saturated heterocycles. The smallest absolute Gasteiger partial charge is 0.233 e. The molecule has 0 bridgehead atoms. The molecule has 0 aliphatic carbocycles. The van der Waals surface area contributed by atoms with Gasteiger partial charge in [0.05, 0.1) is 12.8 Å². The van der Waals surface area contributed by atoms with Crippen LogP contribution in [0.2, 0.25) is 0 Å². The molecule has 0 aromatic carbocycles. The molecule has 2 N–H and O–H groups in total. The van der Waals surface area contributed by atoms with E-state index in [0.717, 1.165) is 33.7 Å². The van der Waals surface area contributed by atoms with Crippen molar-refractivity contribution in [3.63, 3.8) is 0 Å². The van der Waals surface area contributed by atoms with E-state index < -0.39 is 0 Å². The number of H-pyrrole nitrogens is 1. The molecule has 0 unspecified atom stereocenters. The summed E-state index contributed by atoms with van der Waals surface area (Å²) in [5.41, 5.74) is 3.60. The number of ether oxygens (including phenoxy) is 1. The molecule has 7 nitrogen and oxygen atoms in total. The van der Waals surface area contributed by atoms with Crippen LogP contribution in [-0.2, 0) is 6.54 Å². The lowest BCUT2D eigenvalue weighted by atomic mass is 10.1. The molecule has 4 aromatic heterocycles. The Morgan fingerprint density at radius 1 is 1.16 bits per heavy atom. The number of aromatic amines is 1. The predicted molar refractivity (Wildman–Crippen MR) is 95.2 cm³/mol. The highest BCUT2D eigenvalue weighted by atomic mass is 16.5. The van der Waals surface area contributed by atoms with E-state index in [0.29, 0.717) is 12.4 Å². The summed E-state index contributed by atoms with van der Waals surface area (Å²) in [6.07, 6.45) is 5.45. The Kier molecular flexibility index (Phi) is 3.96. The standard InChI is InChI=1S/C18H16N6O/c1-25-17-5-4-15(23-24-17)14-9-16(22-18-13(14)6-8-20-18)21-11-12-3-2-7-19-10-12/h2-10H,11H2,1H3,(H2,20,21,22). The fourth-order valence-corrected chi connectivity index (χ4v) is 2.61. The Bertz CT molecular complexity index is 982. The molecule has 0 fully saturated rings. The molecule has 0 spiro atoms. The van der Waals surface area contributed by atoms with Crippen LogP contribution in [-0.4, -0.2) is 32.3 Å². The molecule has 0 aliphatic rings. The molecule has 4 heterocycles. The summed E-state index contributed by atoms with van der Waals surface area (Å²) in [5, 5.41) is 12.6. The summed E-state index contributed by atoms with van der Waals surface area (Å²) >= 11 is 0. The van der Waals surface area contributed by atoms with Crippen molar-refractivity contribution in [1.82, 2.24) is 25.1 Å². The minimum absolute atomic E-state index is 0.484. The summed E-state index contributed by atoms with van der Waals surface area (Å²) in [4.78, 5) is 11.9. The zero-order valence-corrected chi connectivity index (χ0v) is 13.6. The maximum atomic E-state index is 5.08. The second-order valence-electron chi connectivity index (χ2n) is 5.47. The Labute approximate surface area is 144 Å². The normalized spacial score (nSPS) is 10.8. The lowest BCUT2D eigenvalue weighted by Gasteiger charge is -2.09. The van der Waals surface area contributed by atoms with Crippen LogP contribution in [0.1, 0.15) is 5.56 Å². The van der Waals surface area contributed by atoms with Crippen LogP contribution < -0.4 is 10.1 Å². The maximum absolute atomic E-state index is 5.08. The van der Waals surface area contributed by atoms with Gasteiger partial charge in [-0.25, -0.2) is 4.98 Å². The maximum Gasteiger partial charge on any atom is 0.233 e. The van der Waals surface area contributed by atoms with Crippen molar-refractivity contribution in [3.05, 3.63) is 60.6 Å². The van der Waals surface area contributed by atoms with Gasteiger partial charge in [-0.3, -0.25) is 4.98 Å². The topological polar surface area (TPSA) is 88.6 Å². The number of hydrogen-bond donors (Lipinski definition) is 2. The quantitative estimate of drug-likeness (QED) is 0.584. The van der Waals surface area contributed by atoms with Crippen LogP contribution in [0.3, 0.4) is 0 Å². The van der Waals surface area contributed by atoms with Gasteiger partial charge in [0.1, 0.15) is 11.5 Å². The molecule has 124 valence electrons. The van der Waals surface area contributed by atoms with Gasteiger partial charge in [0.25, 0.3) is 0 Å². The van der Waals surface area contributed by atoms with Crippen LogP contribution >= 0.6 is 0 Å². The highest BCUT2D eigenvalue weighted by molar-refractivity contribution is 5.93. The summed E-state index contributed by atoms with van der Waals surface area (Å²) < 4.78 is 5.08. The van der Waals surface area contributed by atoms with Crippen LogP contribution in [0.25, 0.3) is 22.3 Å². The Morgan fingerprint density at radius 2 is 2.12 bits per heavy atom. The molecule has 0 aliphatic heterocycles. The van der Waals surface area contributed by atoms with Gasteiger partial charge < -0.3 is 15.0 Å². The largest absolute Gasteiger partial charge is 0.480 e. The molecule has 0 radical (unpaired) electrons. The van der Waals surface area contributed by atoms with Crippen LogP contribution in [0.4, 0.5) is 5.82 Å². The summed E-state index contributed by atoms with van der Waals surface area (Å²) in [6.45, 7) is 0.640. The van der Waals surface area contributed by atoms with Gasteiger partial charge in [0.15, 0.2) is 0 Å². The Morgan fingerprint density at radius 3 is 2.88 bits per heavy atom. The first-order valence-corrected chi connectivity index (χ1v) is 7.82. The number of aromatic nitrogens is 5. The van der Waals surface area contributed by atoms with Gasteiger partial charge in [-0.15, -0.1) is 10.2 Å². The summed E-state index contributed by atoms with van der Waals surface area (Å²) in [6, 6.07) is 11.6. The average Bonchev–Trinajstić information content (AvgIpc) is 3.15. The molecule has 0 amide bonds. The van der Waals surface area contributed by atoms with Crippen molar-refractivity contribution in [3.8, 4) is 17.1 Å². The van der Waals surface area contributed by atoms with Crippen molar-refractivity contribution in [2.24, 2.45) is 0 Å². The number of methoxy groups -OCH3 is 1. The van der Waals surface area contributed by atoms with E-state index in [2.05, 4.69) is 30.5 Å². The molecule has 7 heteroatoms. The SMILES string of the molecule is COc1ccc(-c2cc(NCc3cccnc3)nc3[nH]ccc23)nn1. The number of hydrogen-bond acceptors (Lipinski definition) is 6. The van der Waals surface area contributed by atoms with Crippen molar-refractivity contribution < 1.29 is 4.74 Å². The monoisotopic (exact) mass is 332 g/mol. The molecular formula is C18H16N6O. The molecular weight excluding hydrogens is 316 g/mol. The van der Waals surface area contributed by atoms with Gasteiger partial charge in [0.2, 0.25) is 5.88 Å². The van der Waals surface area contributed by atoms with E-state index in [4.69, 9.17) is 4.74 Å². The van der Waals surface area contributed by atoms with Crippen molar-refractivity contribution in [2.75, 3.05) is 12.4 Å². The predicted octanol–water partition coefficient (Wildman–Crippen LogP) is 3.04. The number of nitrogens with one attached hydrogen (secondary N) is 2. The van der Waals surface area contributed by atoms with Crippen molar-refractivity contribution >= 4 is 16.9 Å². The van der Waals surface area contributed by atoms with Gasteiger partial charge >= 0.3 is 0 Å². The van der Waals surface area contributed by atoms with Gasteiger partial charge in [-0.1, -0.05) is 6.07 Å². The summed E-state index contributed by atoms with van der Waals surface area (Å²) in [5.74, 6) is 1.24. The number of fused-ring (bicyclic) bond motifs is 1. The highest BCUT2D eigenvalue weighted by Crippen LogP contribution is 2.28. The fraction of sp³-hybridized carbons (Fsp3) is 0.111. The fourth-order valence-electron chi connectivity index (χ4n) is 2.61. The van der Waals surface area contributed by atoms with Gasteiger partial charge in [0, 0.05) is 42.2 Å². The number of pyridine rings is 2. The second-order valence-corrected chi connectivity index (χ2v) is 5.47. The van der Waals surface area contributed by atoms with Gasteiger partial charge in [-0.2, -0.15) is 0 Å². The zero-order chi connectivity index (χ0) is 17.1. The van der Waals surface area contributed by atoms with Crippen molar-refractivity contribution in [2.45, 2.75) is 6.54 Å². The van der Waals surface area contributed by atoms with Crippen LogP contribution in [0, 0.1) is 0 Å². The lowest BCUT2D eigenvalue weighted by molar-refractivity contribution is 0.392. The average molecular weight is 332 g/mol. The third-order valence-corrected chi connectivity index (χ3v) is 3.85. The third-order valence-electron chi connectivity index (χ3n) is 3.85. The van der Waals surface area contributed by atoms with E-state index in [1.165, 1.54) is 0 Å². The molecule has 0 saturated carbocycles. The minimum Gasteiger partial charge on any atom is -0.480 e. The minimum atomic E-state index is 0.484. The Balaban J connectivity index is 1.69. The third kappa shape index (κ3) is 3.12. The van der Waals surface area contributed by atoms with Crippen LogP contribution in [0.5, 0.6) is 5.88 Å². The number of rotatable bonds is 5. The summed E-state index contributed by atoms with van der Waals surface area (Å²) in [7, 11) is 1.57. The zero-order valence-electron chi connectivity index (χ0n) is 13.6.